The van der Waals surface area contributed by atoms with E-state index in [1.54, 1.807) is 31.1 Å². The molecule has 3 heterocycles. The molecule has 0 aliphatic heterocycles. The predicted octanol–water partition coefficient (Wildman–Crippen LogP) is 0.296. The SMILES string of the molecule is C=C(Cl)C(=O)Nc1cc(C(=O)Nc2cc(C(=O)Nc3cc(C(=O)NCCN=C(N)N)n(C)c3)n(C)c2)n(C)n1. The Morgan fingerprint density at radius 2 is 1.44 bits per heavy atom. The van der Waals surface area contributed by atoms with Gasteiger partial charge in [-0.15, -0.1) is 0 Å². The molecule has 3 aromatic heterocycles. The summed E-state index contributed by atoms with van der Waals surface area (Å²) in [6, 6.07) is 4.38. The van der Waals surface area contributed by atoms with Crippen molar-refractivity contribution < 1.29 is 19.2 Å². The van der Waals surface area contributed by atoms with Crippen LogP contribution in [0, 0.1) is 0 Å². The Hall–Kier alpha value is -5.05. The second-order valence-corrected chi connectivity index (χ2v) is 8.77. The summed E-state index contributed by atoms with van der Waals surface area (Å²) < 4.78 is 4.38. The number of hydrogen-bond acceptors (Lipinski definition) is 6. The van der Waals surface area contributed by atoms with E-state index in [0.717, 1.165) is 0 Å². The summed E-state index contributed by atoms with van der Waals surface area (Å²) in [5.41, 5.74) is 12.0. The van der Waals surface area contributed by atoms with Gasteiger partial charge in [0.15, 0.2) is 11.8 Å². The molecule has 3 rings (SSSR count). The molecule has 0 saturated carbocycles. The molecule has 0 fully saturated rings. The lowest BCUT2D eigenvalue weighted by atomic mass is 10.3. The van der Waals surface area contributed by atoms with Crippen molar-refractivity contribution in [2.75, 3.05) is 29.0 Å². The van der Waals surface area contributed by atoms with Gasteiger partial charge >= 0.3 is 0 Å². The van der Waals surface area contributed by atoms with Gasteiger partial charge in [0, 0.05) is 46.1 Å². The van der Waals surface area contributed by atoms with Gasteiger partial charge in [0.25, 0.3) is 23.6 Å². The molecular formula is C23H28ClN11O4. The van der Waals surface area contributed by atoms with Gasteiger partial charge in [-0.05, 0) is 12.1 Å². The summed E-state index contributed by atoms with van der Waals surface area (Å²) >= 11 is 5.56. The van der Waals surface area contributed by atoms with E-state index in [1.807, 2.05) is 0 Å². The van der Waals surface area contributed by atoms with Crippen molar-refractivity contribution in [1.29, 1.82) is 0 Å². The van der Waals surface area contributed by atoms with Gasteiger partial charge in [0.2, 0.25) is 0 Å². The molecule has 39 heavy (non-hydrogen) atoms. The normalized spacial score (nSPS) is 10.5. The highest BCUT2D eigenvalue weighted by Crippen LogP contribution is 2.19. The number of halogens is 1. The zero-order valence-corrected chi connectivity index (χ0v) is 22.2. The lowest BCUT2D eigenvalue weighted by Crippen LogP contribution is -2.29. The topological polar surface area (TPSA) is 208 Å². The number of aliphatic imine (C=N–C) groups is 1. The number of rotatable bonds is 10. The summed E-state index contributed by atoms with van der Waals surface area (Å²) in [7, 11) is 4.84. The third-order valence-electron chi connectivity index (χ3n) is 5.28. The van der Waals surface area contributed by atoms with Gasteiger partial charge in [0.1, 0.15) is 17.1 Å². The molecule has 0 aromatic carbocycles. The van der Waals surface area contributed by atoms with Crippen LogP contribution < -0.4 is 32.7 Å². The Balaban J connectivity index is 1.65. The number of carbonyl (C=O) groups is 4. The van der Waals surface area contributed by atoms with Crippen LogP contribution in [0.5, 0.6) is 0 Å². The molecule has 16 heteroatoms. The number of anilines is 3. The van der Waals surface area contributed by atoms with Crippen molar-refractivity contribution in [3.8, 4) is 0 Å². The average Bonchev–Trinajstić information content (AvgIpc) is 3.52. The van der Waals surface area contributed by atoms with Crippen LogP contribution in [-0.2, 0) is 25.9 Å². The maximum Gasteiger partial charge on any atom is 0.274 e. The molecule has 0 bridgehead atoms. The fourth-order valence-electron chi connectivity index (χ4n) is 3.48. The zero-order valence-electron chi connectivity index (χ0n) is 21.4. The second-order valence-electron chi connectivity index (χ2n) is 8.32. The minimum Gasteiger partial charge on any atom is -0.370 e. The quantitative estimate of drug-likeness (QED) is 0.0887. The third kappa shape index (κ3) is 7.26. The molecule has 8 N–H and O–H groups in total. The minimum atomic E-state index is -0.644. The van der Waals surface area contributed by atoms with Crippen molar-refractivity contribution in [3.05, 3.63) is 59.3 Å². The molecule has 0 radical (unpaired) electrons. The fraction of sp³-hybridized carbons (Fsp3) is 0.217. The monoisotopic (exact) mass is 557 g/mol. The molecule has 0 unspecified atom stereocenters. The average molecular weight is 558 g/mol. The predicted molar refractivity (Wildman–Crippen MR) is 147 cm³/mol. The molecule has 0 saturated heterocycles. The first-order chi connectivity index (χ1) is 18.3. The number of aryl methyl sites for hydroxylation is 3. The van der Waals surface area contributed by atoms with E-state index in [1.165, 1.54) is 34.5 Å². The number of aromatic nitrogens is 4. The highest BCUT2D eigenvalue weighted by Gasteiger charge is 2.19. The van der Waals surface area contributed by atoms with Gasteiger partial charge in [0.05, 0.1) is 23.0 Å². The molecule has 0 atom stereocenters. The number of hydrogen-bond donors (Lipinski definition) is 6. The van der Waals surface area contributed by atoms with Crippen LogP contribution >= 0.6 is 11.6 Å². The first-order valence-electron chi connectivity index (χ1n) is 11.3. The summed E-state index contributed by atoms with van der Waals surface area (Å²) in [6.45, 7) is 3.80. The Labute approximate surface area is 227 Å². The summed E-state index contributed by atoms with van der Waals surface area (Å²) in [6.07, 6.45) is 3.15. The molecule has 15 nitrogen and oxygen atoms in total. The Morgan fingerprint density at radius 3 is 1.97 bits per heavy atom. The largest absolute Gasteiger partial charge is 0.370 e. The fourth-order valence-corrected chi connectivity index (χ4v) is 3.52. The van der Waals surface area contributed by atoms with Crippen LogP contribution in [0.1, 0.15) is 31.5 Å². The van der Waals surface area contributed by atoms with E-state index in [2.05, 4.69) is 37.9 Å². The summed E-state index contributed by atoms with van der Waals surface area (Å²) in [5.74, 6) is -1.94. The number of nitrogens with two attached hydrogens (primary N) is 2. The van der Waals surface area contributed by atoms with Gasteiger partial charge in [-0.3, -0.25) is 28.9 Å². The van der Waals surface area contributed by atoms with E-state index >= 15 is 0 Å². The number of guanidine groups is 1. The van der Waals surface area contributed by atoms with E-state index in [4.69, 9.17) is 23.1 Å². The van der Waals surface area contributed by atoms with E-state index in [0.29, 0.717) is 17.1 Å². The van der Waals surface area contributed by atoms with E-state index < -0.39 is 17.7 Å². The highest BCUT2D eigenvalue weighted by atomic mass is 35.5. The Kier molecular flexibility index (Phi) is 8.77. The van der Waals surface area contributed by atoms with E-state index in [-0.39, 0.29) is 47.2 Å². The number of carbonyl (C=O) groups excluding carboxylic acids is 4. The molecule has 0 aliphatic carbocycles. The van der Waals surface area contributed by atoms with Crippen molar-refractivity contribution in [2.24, 2.45) is 37.6 Å². The minimum absolute atomic E-state index is 0.0670. The molecule has 3 aromatic rings. The summed E-state index contributed by atoms with van der Waals surface area (Å²) in [4.78, 5) is 53.6. The lowest BCUT2D eigenvalue weighted by Gasteiger charge is -2.04. The Bertz CT molecular complexity index is 1480. The Morgan fingerprint density at radius 1 is 0.897 bits per heavy atom. The molecule has 4 amide bonds. The molecular weight excluding hydrogens is 530 g/mol. The summed E-state index contributed by atoms with van der Waals surface area (Å²) in [5, 5.41) is 14.4. The smallest absolute Gasteiger partial charge is 0.274 e. The third-order valence-corrected chi connectivity index (χ3v) is 5.45. The molecule has 206 valence electrons. The van der Waals surface area contributed by atoms with Crippen molar-refractivity contribution in [1.82, 2.24) is 24.2 Å². The van der Waals surface area contributed by atoms with Crippen LogP contribution in [0.25, 0.3) is 0 Å². The van der Waals surface area contributed by atoms with Gasteiger partial charge in [-0.25, -0.2) is 0 Å². The van der Waals surface area contributed by atoms with Crippen LogP contribution in [0.4, 0.5) is 17.2 Å². The van der Waals surface area contributed by atoms with Crippen LogP contribution in [-0.4, -0.2) is 61.6 Å². The number of nitrogens with zero attached hydrogens (tertiary/aromatic N) is 5. The highest BCUT2D eigenvalue weighted by molar-refractivity contribution is 6.43. The number of amides is 4. The first kappa shape index (κ1) is 28.5. The molecule has 0 aliphatic rings. The van der Waals surface area contributed by atoms with Crippen molar-refractivity contribution in [3.63, 3.8) is 0 Å². The van der Waals surface area contributed by atoms with Crippen molar-refractivity contribution >= 4 is 58.4 Å². The number of nitrogens with one attached hydrogen (secondary N) is 4. The van der Waals surface area contributed by atoms with Crippen LogP contribution in [0.15, 0.2) is 47.2 Å². The maximum atomic E-state index is 12.9. The standard InChI is InChI=1S/C23H28ClN11O4/c1-12(24)19(36)31-18-9-17(35(4)32-18)22(39)30-14-8-16(34(3)11-14)21(38)29-13-7-15(33(2)10-13)20(37)27-5-6-28-23(25)26/h7-11H,1,5-6H2,2-4H3,(H,27,37)(H,29,38)(H,30,39)(H4,25,26,28)(H,31,32,36). The van der Waals surface area contributed by atoms with E-state index in [9.17, 15) is 19.2 Å². The van der Waals surface area contributed by atoms with Crippen LogP contribution in [0.2, 0.25) is 0 Å². The van der Waals surface area contributed by atoms with Crippen LogP contribution in [0.3, 0.4) is 0 Å². The van der Waals surface area contributed by atoms with Gasteiger partial charge in [-0.2, -0.15) is 5.10 Å². The first-order valence-corrected chi connectivity index (χ1v) is 11.7. The van der Waals surface area contributed by atoms with Gasteiger partial charge < -0.3 is 41.9 Å². The lowest BCUT2D eigenvalue weighted by molar-refractivity contribution is -0.112. The maximum absolute atomic E-state index is 12.9. The second kappa shape index (κ2) is 12.0. The van der Waals surface area contributed by atoms with Gasteiger partial charge in [-0.1, -0.05) is 18.2 Å². The zero-order chi connectivity index (χ0) is 28.9. The van der Waals surface area contributed by atoms with Crippen molar-refractivity contribution in [2.45, 2.75) is 0 Å². The molecule has 0 spiro atoms.